The Morgan fingerprint density at radius 1 is 1.19 bits per heavy atom. The van der Waals surface area contributed by atoms with Gasteiger partial charge in [0.25, 0.3) is 0 Å². The molecule has 0 amide bonds. The molecule has 0 radical (unpaired) electrons. The zero-order chi connectivity index (χ0) is 15.4. The number of rotatable bonds is 5. The molecule has 0 bridgehead atoms. The molecule has 1 atom stereocenters. The van der Waals surface area contributed by atoms with Crippen LogP contribution in [-0.4, -0.2) is 13.1 Å². The van der Waals surface area contributed by atoms with Crippen molar-refractivity contribution in [2.45, 2.75) is 25.9 Å². The van der Waals surface area contributed by atoms with Gasteiger partial charge in [0, 0.05) is 35.9 Å². The summed E-state index contributed by atoms with van der Waals surface area (Å²) in [6.07, 6.45) is 0.734. The zero-order valence-corrected chi connectivity index (χ0v) is 13.1. The normalized spacial score (nSPS) is 12.2. The van der Waals surface area contributed by atoms with Gasteiger partial charge in [-0.3, -0.25) is 0 Å². The van der Waals surface area contributed by atoms with Gasteiger partial charge in [-0.15, -0.1) is 0 Å². The second-order valence-electron chi connectivity index (χ2n) is 5.40. The second kappa shape index (κ2) is 6.92. The average Bonchev–Trinajstić information content (AvgIpc) is 2.40. The highest BCUT2D eigenvalue weighted by molar-refractivity contribution is 6.30. The summed E-state index contributed by atoms with van der Waals surface area (Å²) in [5.74, 6) is -0.188. The topological polar surface area (TPSA) is 29.3 Å². The molecule has 0 aliphatic rings. The summed E-state index contributed by atoms with van der Waals surface area (Å²) in [7, 11) is 1.94. The van der Waals surface area contributed by atoms with E-state index in [1.807, 2.05) is 43.1 Å². The molecule has 0 aromatic heterocycles. The third-order valence-electron chi connectivity index (χ3n) is 3.36. The average molecular weight is 307 g/mol. The van der Waals surface area contributed by atoms with E-state index in [9.17, 15) is 4.39 Å². The summed E-state index contributed by atoms with van der Waals surface area (Å²) in [5, 5.41) is 0.689. The first kappa shape index (κ1) is 15.8. The van der Waals surface area contributed by atoms with Crippen LogP contribution in [0.4, 0.5) is 10.1 Å². The van der Waals surface area contributed by atoms with Crippen LogP contribution >= 0.6 is 11.6 Å². The van der Waals surface area contributed by atoms with E-state index in [-0.39, 0.29) is 11.9 Å². The summed E-state index contributed by atoms with van der Waals surface area (Å²) in [4.78, 5) is 2.02. The highest BCUT2D eigenvalue weighted by Gasteiger charge is 2.12. The van der Waals surface area contributed by atoms with E-state index in [1.165, 1.54) is 6.07 Å². The van der Waals surface area contributed by atoms with Crippen molar-refractivity contribution in [1.29, 1.82) is 0 Å². The lowest BCUT2D eigenvalue weighted by atomic mass is 10.0. The fourth-order valence-electron chi connectivity index (χ4n) is 2.40. The van der Waals surface area contributed by atoms with Crippen LogP contribution in [-0.2, 0) is 13.0 Å². The molecule has 0 fully saturated rings. The lowest BCUT2D eigenvalue weighted by Gasteiger charge is -2.24. The maximum Gasteiger partial charge on any atom is 0.128 e. The molecule has 2 rings (SSSR count). The summed E-state index contributed by atoms with van der Waals surface area (Å²) in [5.41, 5.74) is 8.67. The van der Waals surface area contributed by atoms with E-state index in [0.29, 0.717) is 17.1 Å². The Labute approximate surface area is 130 Å². The predicted molar refractivity (Wildman–Crippen MR) is 87.3 cm³/mol. The summed E-state index contributed by atoms with van der Waals surface area (Å²) < 4.78 is 13.8. The van der Waals surface area contributed by atoms with E-state index in [0.717, 1.165) is 17.7 Å². The van der Waals surface area contributed by atoms with Gasteiger partial charge < -0.3 is 10.6 Å². The first-order valence-electron chi connectivity index (χ1n) is 6.96. The van der Waals surface area contributed by atoms with Gasteiger partial charge in [-0.25, -0.2) is 4.39 Å². The highest BCUT2D eigenvalue weighted by atomic mass is 35.5. The molecule has 0 spiro atoms. The molecule has 2 N–H and O–H groups in total. The fourth-order valence-corrected chi connectivity index (χ4v) is 2.60. The standard InChI is InChI=1S/C17H20ClFN2/c1-12(20)9-14-10-15(18)7-8-17(14)21(2)11-13-5-3-4-6-16(13)19/h3-8,10,12H,9,11,20H2,1-2H3. The quantitative estimate of drug-likeness (QED) is 0.904. The lowest BCUT2D eigenvalue weighted by Crippen LogP contribution is -2.22. The fraction of sp³-hybridized carbons (Fsp3) is 0.294. The summed E-state index contributed by atoms with van der Waals surface area (Å²) in [6.45, 7) is 2.46. The van der Waals surface area contributed by atoms with E-state index in [2.05, 4.69) is 0 Å². The smallest absolute Gasteiger partial charge is 0.128 e. The van der Waals surface area contributed by atoms with Gasteiger partial charge >= 0.3 is 0 Å². The summed E-state index contributed by atoms with van der Waals surface area (Å²) in [6, 6.07) is 12.6. The highest BCUT2D eigenvalue weighted by Crippen LogP contribution is 2.26. The van der Waals surface area contributed by atoms with E-state index in [4.69, 9.17) is 17.3 Å². The molecule has 4 heteroatoms. The van der Waals surface area contributed by atoms with Crippen molar-refractivity contribution in [2.24, 2.45) is 5.73 Å². The van der Waals surface area contributed by atoms with Crippen molar-refractivity contribution in [3.05, 3.63) is 64.4 Å². The van der Waals surface area contributed by atoms with E-state index in [1.54, 1.807) is 12.1 Å². The second-order valence-corrected chi connectivity index (χ2v) is 5.84. The molecular weight excluding hydrogens is 287 g/mol. The molecule has 2 nitrogen and oxygen atoms in total. The van der Waals surface area contributed by atoms with Crippen LogP contribution in [0.25, 0.3) is 0 Å². The number of hydrogen-bond acceptors (Lipinski definition) is 2. The third kappa shape index (κ3) is 4.19. The lowest BCUT2D eigenvalue weighted by molar-refractivity contribution is 0.607. The van der Waals surface area contributed by atoms with Crippen LogP contribution in [0.3, 0.4) is 0 Å². The van der Waals surface area contributed by atoms with Gasteiger partial charge in [0.2, 0.25) is 0 Å². The molecule has 2 aromatic carbocycles. The van der Waals surface area contributed by atoms with Crippen molar-refractivity contribution >= 4 is 17.3 Å². The Bertz CT molecular complexity index is 613. The number of anilines is 1. The molecule has 0 aliphatic heterocycles. The molecule has 0 saturated carbocycles. The largest absolute Gasteiger partial charge is 0.370 e. The SMILES string of the molecule is CC(N)Cc1cc(Cl)ccc1N(C)Cc1ccccc1F. The van der Waals surface area contributed by atoms with Gasteiger partial charge in [-0.05, 0) is 43.2 Å². The Hall–Kier alpha value is -1.58. The summed E-state index contributed by atoms with van der Waals surface area (Å²) >= 11 is 6.07. The molecule has 21 heavy (non-hydrogen) atoms. The van der Waals surface area contributed by atoms with Crippen molar-refractivity contribution in [3.63, 3.8) is 0 Å². The molecule has 2 aromatic rings. The molecule has 1 unspecified atom stereocenters. The molecule has 112 valence electrons. The number of halogens is 2. The minimum Gasteiger partial charge on any atom is -0.370 e. The molecule has 0 heterocycles. The van der Waals surface area contributed by atoms with Crippen LogP contribution in [0.2, 0.25) is 5.02 Å². The maximum atomic E-state index is 13.8. The monoisotopic (exact) mass is 306 g/mol. The Morgan fingerprint density at radius 3 is 2.57 bits per heavy atom. The van der Waals surface area contributed by atoms with Crippen LogP contribution in [0.15, 0.2) is 42.5 Å². The van der Waals surface area contributed by atoms with Crippen LogP contribution < -0.4 is 10.6 Å². The number of benzene rings is 2. The van der Waals surface area contributed by atoms with Gasteiger partial charge in [0.05, 0.1) is 0 Å². The maximum absolute atomic E-state index is 13.8. The van der Waals surface area contributed by atoms with E-state index >= 15 is 0 Å². The Kier molecular flexibility index (Phi) is 5.21. The molecule has 0 saturated heterocycles. The van der Waals surface area contributed by atoms with Gasteiger partial charge in [-0.1, -0.05) is 29.8 Å². The Morgan fingerprint density at radius 2 is 1.90 bits per heavy atom. The predicted octanol–water partition coefficient (Wildman–Crippen LogP) is 4.01. The minimum atomic E-state index is -0.188. The van der Waals surface area contributed by atoms with Gasteiger partial charge in [0.15, 0.2) is 0 Å². The number of nitrogens with zero attached hydrogens (tertiary/aromatic N) is 1. The van der Waals surface area contributed by atoms with Crippen molar-refractivity contribution in [1.82, 2.24) is 0 Å². The van der Waals surface area contributed by atoms with E-state index < -0.39 is 0 Å². The van der Waals surface area contributed by atoms with Crippen molar-refractivity contribution < 1.29 is 4.39 Å². The van der Waals surface area contributed by atoms with Gasteiger partial charge in [0.1, 0.15) is 5.82 Å². The third-order valence-corrected chi connectivity index (χ3v) is 3.60. The van der Waals surface area contributed by atoms with Crippen LogP contribution in [0.1, 0.15) is 18.1 Å². The minimum absolute atomic E-state index is 0.0454. The first-order valence-corrected chi connectivity index (χ1v) is 7.33. The van der Waals surface area contributed by atoms with Gasteiger partial charge in [-0.2, -0.15) is 0 Å². The number of hydrogen-bond donors (Lipinski definition) is 1. The number of nitrogens with two attached hydrogens (primary N) is 1. The van der Waals surface area contributed by atoms with Crippen LogP contribution in [0, 0.1) is 5.82 Å². The van der Waals surface area contributed by atoms with Crippen LogP contribution in [0.5, 0.6) is 0 Å². The molecular formula is C17H20ClFN2. The van der Waals surface area contributed by atoms with Crippen molar-refractivity contribution in [3.8, 4) is 0 Å². The Balaban J connectivity index is 2.26. The first-order chi connectivity index (χ1) is 9.97. The molecule has 0 aliphatic carbocycles. The van der Waals surface area contributed by atoms with Crippen molar-refractivity contribution in [2.75, 3.05) is 11.9 Å². The zero-order valence-electron chi connectivity index (χ0n) is 12.3.